The normalized spacial score (nSPS) is 18.5. The molecule has 0 saturated carbocycles. The smallest absolute Gasteiger partial charge is 0.240 e. The van der Waals surface area contributed by atoms with E-state index in [4.69, 9.17) is 11.6 Å². The maximum atomic E-state index is 13.1. The zero-order valence-electron chi connectivity index (χ0n) is 14.2. The van der Waals surface area contributed by atoms with E-state index in [9.17, 15) is 4.79 Å². The lowest BCUT2D eigenvalue weighted by atomic mass is 10.0. The van der Waals surface area contributed by atoms with E-state index in [0.29, 0.717) is 15.9 Å². The second kappa shape index (κ2) is 7.53. The summed E-state index contributed by atoms with van der Waals surface area (Å²) in [6.45, 7) is 1.87. The van der Waals surface area contributed by atoms with Crippen LogP contribution in [0.25, 0.3) is 0 Å². The number of halogens is 2. The summed E-state index contributed by atoms with van der Waals surface area (Å²) in [5.41, 5.74) is 4.95. The molecule has 138 valence electrons. The van der Waals surface area contributed by atoms with E-state index in [1.54, 1.807) is 12.1 Å². The van der Waals surface area contributed by atoms with Crippen LogP contribution in [0, 0.1) is 6.92 Å². The number of hydrogen-bond donors (Lipinski definition) is 2. The molecule has 0 aliphatic carbocycles. The summed E-state index contributed by atoms with van der Waals surface area (Å²) in [7, 11) is 0. The molecule has 0 fully saturated rings. The van der Waals surface area contributed by atoms with Crippen LogP contribution in [0.4, 0.5) is 5.69 Å². The van der Waals surface area contributed by atoms with E-state index in [-0.39, 0.29) is 11.9 Å². The van der Waals surface area contributed by atoms with Gasteiger partial charge in [0.1, 0.15) is 11.1 Å². The zero-order chi connectivity index (χ0) is 19.0. The second-order valence-corrected chi connectivity index (χ2v) is 8.47. The highest BCUT2D eigenvalue weighted by Crippen LogP contribution is 2.38. The molecule has 4 rings (SSSR count). The highest BCUT2D eigenvalue weighted by Gasteiger charge is 2.37. The van der Waals surface area contributed by atoms with Gasteiger partial charge in [0, 0.05) is 4.47 Å². The zero-order valence-corrected chi connectivity index (χ0v) is 17.3. The van der Waals surface area contributed by atoms with Gasteiger partial charge in [0.15, 0.2) is 0 Å². The Hall–Kier alpha value is -2.03. The van der Waals surface area contributed by atoms with Gasteiger partial charge in [-0.05, 0) is 30.7 Å². The minimum atomic E-state index is -0.441. The first-order valence-corrected chi connectivity index (χ1v) is 10.2. The van der Waals surface area contributed by atoms with E-state index >= 15 is 0 Å². The molecule has 1 aliphatic rings. The van der Waals surface area contributed by atoms with Gasteiger partial charge in [0.25, 0.3) is 0 Å². The third-order valence-corrected chi connectivity index (χ3v) is 6.23. The molecule has 6 nitrogen and oxygen atoms in total. The van der Waals surface area contributed by atoms with Crippen molar-refractivity contribution in [3.05, 3.63) is 69.4 Å². The van der Waals surface area contributed by atoms with Crippen LogP contribution < -0.4 is 10.7 Å². The van der Waals surface area contributed by atoms with Crippen LogP contribution in [0.2, 0.25) is 5.02 Å². The third-order valence-electron chi connectivity index (χ3n) is 4.20. The lowest BCUT2D eigenvalue weighted by Crippen LogP contribution is -2.41. The summed E-state index contributed by atoms with van der Waals surface area (Å²) in [5, 5.41) is 11.9. The molecule has 1 aliphatic heterocycles. The number of aromatic nitrogens is 3. The van der Waals surface area contributed by atoms with Gasteiger partial charge in [0.2, 0.25) is 11.1 Å². The van der Waals surface area contributed by atoms with Crippen molar-refractivity contribution >= 4 is 50.9 Å². The maximum Gasteiger partial charge on any atom is 0.240 e. The fourth-order valence-electron chi connectivity index (χ4n) is 2.87. The first kappa shape index (κ1) is 18.3. The molecule has 9 heteroatoms. The summed E-state index contributed by atoms with van der Waals surface area (Å²) in [5.74, 6) is 0.589. The highest BCUT2D eigenvalue weighted by atomic mass is 79.9. The number of thioether (sulfide) groups is 1. The predicted molar refractivity (Wildman–Crippen MR) is 111 cm³/mol. The molecule has 2 atom stereocenters. The van der Waals surface area contributed by atoms with Crippen molar-refractivity contribution < 1.29 is 4.79 Å². The Balaban J connectivity index is 1.66. The van der Waals surface area contributed by atoms with Crippen LogP contribution in [-0.4, -0.2) is 26.0 Å². The number of amides is 1. The lowest BCUT2D eigenvalue weighted by molar-refractivity contribution is -0.116. The molecule has 0 bridgehead atoms. The van der Waals surface area contributed by atoms with E-state index in [1.807, 2.05) is 48.0 Å². The number of hydrogen-bond acceptors (Lipinski definition) is 5. The Morgan fingerprint density at radius 3 is 2.78 bits per heavy atom. The van der Waals surface area contributed by atoms with Crippen LogP contribution in [0.5, 0.6) is 0 Å². The van der Waals surface area contributed by atoms with Crippen molar-refractivity contribution in [1.29, 1.82) is 0 Å². The van der Waals surface area contributed by atoms with Crippen LogP contribution in [0.3, 0.4) is 0 Å². The molecular formula is C18H15BrClN5OS. The van der Waals surface area contributed by atoms with Crippen molar-refractivity contribution in [2.75, 3.05) is 10.7 Å². The molecule has 2 aromatic carbocycles. The van der Waals surface area contributed by atoms with Gasteiger partial charge in [0.05, 0.1) is 16.8 Å². The number of carbonyl (C=O) groups is 1. The average molecular weight is 465 g/mol. The molecule has 0 unspecified atom stereocenters. The van der Waals surface area contributed by atoms with E-state index in [0.717, 1.165) is 15.9 Å². The van der Waals surface area contributed by atoms with Gasteiger partial charge >= 0.3 is 0 Å². The number of rotatable bonds is 3. The predicted octanol–water partition coefficient (Wildman–Crippen LogP) is 4.40. The Bertz CT molecular complexity index is 997. The molecule has 2 heterocycles. The molecule has 0 radical (unpaired) electrons. The Labute approximate surface area is 173 Å². The van der Waals surface area contributed by atoms with Crippen LogP contribution in [0.1, 0.15) is 17.4 Å². The summed E-state index contributed by atoms with van der Waals surface area (Å²) in [6.07, 6.45) is 0. The minimum Gasteiger partial charge on any atom is -0.324 e. The summed E-state index contributed by atoms with van der Waals surface area (Å²) >= 11 is 11.0. The number of nitrogens with one attached hydrogen (secondary N) is 2. The fourth-order valence-corrected chi connectivity index (χ4v) is 4.71. The van der Waals surface area contributed by atoms with Gasteiger partial charge in [-0.2, -0.15) is 0 Å². The van der Waals surface area contributed by atoms with Gasteiger partial charge in [-0.3, -0.25) is 4.79 Å². The quantitative estimate of drug-likeness (QED) is 0.601. The van der Waals surface area contributed by atoms with Crippen molar-refractivity contribution in [3.8, 4) is 0 Å². The molecule has 2 N–H and O–H groups in total. The largest absolute Gasteiger partial charge is 0.324 e. The molecule has 3 aromatic rings. The van der Waals surface area contributed by atoms with Crippen molar-refractivity contribution in [3.63, 3.8) is 0 Å². The number of nitrogens with zero attached hydrogens (tertiary/aromatic N) is 3. The number of anilines is 1. The van der Waals surface area contributed by atoms with Gasteiger partial charge in [-0.1, -0.05) is 69.6 Å². The van der Waals surface area contributed by atoms with E-state index in [1.165, 1.54) is 11.8 Å². The van der Waals surface area contributed by atoms with Gasteiger partial charge in [-0.25, -0.2) is 4.68 Å². The number of benzene rings is 2. The molecule has 0 saturated heterocycles. The second-order valence-electron chi connectivity index (χ2n) is 6.03. The van der Waals surface area contributed by atoms with Crippen molar-refractivity contribution in [1.82, 2.24) is 14.9 Å². The Morgan fingerprint density at radius 1 is 1.26 bits per heavy atom. The van der Waals surface area contributed by atoms with Crippen LogP contribution >= 0.6 is 39.3 Å². The van der Waals surface area contributed by atoms with E-state index < -0.39 is 5.25 Å². The molecule has 27 heavy (non-hydrogen) atoms. The van der Waals surface area contributed by atoms with Crippen LogP contribution in [-0.2, 0) is 4.79 Å². The first-order chi connectivity index (χ1) is 13.0. The van der Waals surface area contributed by atoms with E-state index in [2.05, 4.69) is 36.9 Å². The fraction of sp³-hybridized carbons (Fsp3) is 0.167. The van der Waals surface area contributed by atoms with Gasteiger partial charge < -0.3 is 10.7 Å². The maximum absolute atomic E-state index is 13.1. The standard InChI is InChI=1S/C18H15BrClN5OS/c1-10-22-23-18-25(10)24-15(11-5-3-2-4-6-11)16(27-18)17(26)21-14-8-7-12(19)9-13(14)20/h2-9,15-16,24H,1H3,(H,21,26)/t15-,16+/m1/s1. The summed E-state index contributed by atoms with van der Waals surface area (Å²) in [4.78, 5) is 13.1. The number of fused-ring (bicyclic) bond motifs is 1. The molecule has 1 aromatic heterocycles. The molecule has 0 spiro atoms. The van der Waals surface area contributed by atoms with Gasteiger partial charge in [-0.15, -0.1) is 10.2 Å². The van der Waals surface area contributed by atoms with Crippen LogP contribution in [0.15, 0.2) is 58.2 Å². The van der Waals surface area contributed by atoms with Crippen molar-refractivity contribution in [2.45, 2.75) is 23.4 Å². The SMILES string of the molecule is Cc1nnc2n1N[C@H](c1ccccc1)[C@@H](C(=O)Nc1ccc(Br)cc1Cl)S2. The first-order valence-electron chi connectivity index (χ1n) is 8.19. The summed E-state index contributed by atoms with van der Waals surface area (Å²) in [6, 6.07) is 15.0. The number of aryl methyl sites for hydroxylation is 1. The Kier molecular flexibility index (Phi) is 5.12. The minimum absolute atomic E-state index is 0.155. The summed E-state index contributed by atoms with van der Waals surface area (Å²) < 4.78 is 2.67. The third kappa shape index (κ3) is 3.69. The lowest BCUT2D eigenvalue weighted by Gasteiger charge is -2.32. The topological polar surface area (TPSA) is 71.8 Å². The van der Waals surface area contributed by atoms with Crippen molar-refractivity contribution in [2.24, 2.45) is 0 Å². The monoisotopic (exact) mass is 463 g/mol. The molecular weight excluding hydrogens is 450 g/mol. The molecule has 1 amide bonds. The average Bonchev–Trinajstić information content (AvgIpc) is 3.04. The number of carbonyl (C=O) groups excluding carboxylic acids is 1. The Morgan fingerprint density at radius 2 is 2.04 bits per heavy atom. The highest BCUT2D eigenvalue weighted by molar-refractivity contribution is 9.10.